The molecule has 1 aliphatic heterocycles. The topological polar surface area (TPSA) is 219 Å². The molecule has 5 rings (SSSR count). The van der Waals surface area contributed by atoms with E-state index in [4.69, 9.17) is 40.2 Å². The highest BCUT2D eigenvalue weighted by atomic mass is 35.5. The molecule has 8 atom stereocenters. The summed E-state index contributed by atoms with van der Waals surface area (Å²) in [4.78, 5) is 35.3. The summed E-state index contributed by atoms with van der Waals surface area (Å²) in [6.45, 7) is 6.40. The number of aliphatic hydroxyl groups excluding tert-OH is 1. The van der Waals surface area contributed by atoms with E-state index in [1.165, 1.54) is 25.4 Å². The first-order valence-electron chi connectivity index (χ1n) is 13.5. The number of nitrogens with zero attached hydrogens (tertiary/aromatic N) is 4. The van der Waals surface area contributed by atoms with E-state index in [-0.39, 0.29) is 34.9 Å². The fraction of sp³-hybridized carbons (Fsp3) is 0.520. The second kappa shape index (κ2) is 12.3. The predicted octanol–water partition coefficient (Wildman–Crippen LogP) is 3.25. The van der Waals surface area contributed by atoms with Crippen LogP contribution in [0.4, 0.5) is 5.82 Å². The normalized spacial score (nSPS) is 26.4. The molecule has 1 aliphatic carbocycles. The third-order valence-electron chi connectivity index (χ3n) is 6.75. The first-order chi connectivity index (χ1) is 20.6. The van der Waals surface area contributed by atoms with Gasteiger partial charge >= 0.3 is 21.5 Å². The minimum Gasteiger partial charge on any atom is -0.464 e. The third kappa shape index (κ3) is 7.41. The number of nitrogens with one attached hydrogen (secondary N) is 1. The van der Waals surface area contributed by atoms with Crippen molar-refractivity contribution in [2.24, 2.45) is 11.3 Å². The summed E-state index contributed by atoms with van der Waals surface area (Å²) < 4.78 is 54.9. The number of carbonyl (C=O) groups excluding carboxylic acids is 1. The number of halogens is 1. The van der Waals surface area contributed by atoms with Gasteiger partial charge in [0, 0.05) is 5.92 Å². The number of anilines is 1. The minimum atomic E-state index is -5.12. The van der Waals surface area contributed by atoms with Gasteiger partial charge in [-0.25, -0.2) is 14.1 Å². The molecule has 16 nitrogen and oxygen atoms in total. The number of ether oxygens (including phenoxy) is 2. The van der Waals surface area contributed by atoms with Crippen LogP contribution in [0, 0.1) is 11.3 Å². The number of rotatable bonds is 12. The van der Waals surface area contributed by atoms with Crippen molar-refractivity contribution < 1.29 is 46.8 Å². The van der Waals surface area contributed by atoms with Crippen molar-refractivity contribution in [2.45, 2.75) is 58.1 Å². The lowest BCUT2D eigenvalue weighted by Crippen LogP contribution is -2.36. The largest absolute Gasteiger partial charge is 0.481 e. The van der Waals surface area contributed by atoms with E-state index >= 15 is 0 Å². The Labute approximate surface area is 257 Å². The Morgan fingerprint density at radius 3 is 2.59 bits per heavy atom. The van der Waals surface area contributed by atoms with Crippen LogP contribution in [0.1, 0.15) is 33.7 Å². The number of hydrogen-bond donors (Lipinski definition) is 4. The van der Waals surface area contributed by atoms with Gasteiger partial charge in [-0.2, -0.15) is 19.4 Å². The zero-order chi connectivity index (χ0) is 32.0. The summed E-state index contributed by atoms with van der Waals surface area (Å²) >= 11 is 5.94. The van der Waals surface area contributed by atoms with Gasteiger partial charge in [0.1, 0.15) is 23.4 Å². The van der Waals surface area contributed by atoms with Crippen LogP contribution in [0.25, 0.3) is 11.2 Å². The van der Waals surface area contributed by atoms with Gasteiger partial charge in [-0.1, -0.05) is 39.0 Å². The molecular weight excluding hydrogens is 642 g/mol. The van der Waals surface area contributed by atoms with Crippen molar-refractivity contribution >= 4 is 50.1 Å². The number of esters is 1. The van der Waals surface area contributed by atoms with Crippen LogP contribution in [-0.2, 0) is 32.2 Å². The molecule has 0 radical (unpaired) electrons. The maximum atomic E-state index is 13.7. The molecule has 240 valence electrons. The quantitative estimate of drug-likeness (QED) is 0.123. The summed E-state index contributed by atoms with van der Waals surface area (Å²) in [5.41, 5.74) is 6.25. The molecule has 3 heterocycles. The molecule has 0 amide bonds. The number of aliphatic hydroxyl groups is 1. The highest BCUT2D eigenvalue weighted by molar-refractivity contribution is 7.63. The van der Waals surface area contributed by atoms with E-state index in [0.717, 1.165) is 0 Å². The Bertz CT molecular complexity index is 1620. The lowest BCUT2D eigenvalue weighted by Gasteiger charge is -2.26. The smallest absolute Gasteiger partial charge is 0.464 e. The summed E-state index contributed by atoms with van der Waals surface area (Å²) in [5, 5.41) is 13.2. The first kappa shape index (κ1) is 32.7. The Hall–Kier alpha value is -2.65. The number of para-hydroxylation sites is 1. The van der Waals surface area contributed by atoms with Crippen LogP contribution in [0.2, 0.25) is 5.28 Å². The molecule has 1 saturated carbocycles. The summed E-state index contributed by atoms with van der Waals surface area (Å²) in [6, 6.07) is 6.10. The second-order valence-corrected chi connectivity index (χ2v) is 15.3. The predicted molar refractivity (Wildman–Crippen MR) is 156 cm³/mol. The fourth-order valence-electron chi connectivity index (χ4n) is 4.71. The first-order valence-corrected chi connectivity index (χ1v) is 16.9. The van der Waals surface area contributed by atoms with Crippen molar-refractivity contribution in [3.05, 3.63) is 41.9 Å². The zero-order valence-corrected chi connectivity index (χ0v) is 26.7. The number of carbonyl (C=O) groups is 1. The van der Waals surface area contributed by atoms with Gasteiger partial charge in [-0.05, 0) is 36.1 Å². The average Bonchev–Trinajstić information content (AvgIpc) is 3.28. The zero-order valence-electron chi connectivity index (χ0n) is 24.1. The van der Waals surface area contributed by atoms with Gasteiger partial charge in [-0.15, -0.1) is 0 Å². The lowest BCUT2D eigenvalue weighted by molar-refractivity contribution is -0.148. The molecule has 7 unspecified atom stereocenters. The van der Waals surface area contributed by atoms with Gasteiger partial charge in [0.05, 0.1) is 37.8 Å². The van der Waals surface area contributed by atoms with Crippen molar-refractivity contribution in [1.29, 1.82) is 0 Å². The number of phosphoric acid groups is 1. The molecule has 2 fully saturated rings. The van der Waals surface area contributed by atoms with Crippen LogP contribution in [0.5, 0.6) is 5.75 Å². The van der Waals surface area contributed by atoms with E-state index < -0.39 is 58.4 Å². The summed E-state index contributed by atoms with van der Waals surface area (Å²) in [7, 11) is -9.85. The van der Waals surface area contributed by atoms with Crippen molar-refractivity contribution in [2.75, 3.05) is 18.9 Å². The molecule has 3 aromatic rings. The van der Waals surface area contributed by atoms with E-state index in [0.29, 0.717) is 11.2 Å². The van der Waals surface area contributed by atoms with Crippen LogP contribution < -0.4 is 15.3 Å². The molecule has 2 aliphatic rings. The second-order valence-electron chi connectivity index (χ2n) is 11.7. The average molecular weight is 675 g/mol. The van der Waals surface area contributed by atoms with Gasteiger partial charge in [-0.3, -0.25) is 9.32 Å². The summed E-state index contributed by atoms with van der Waals surface area (Å²) in [6.07, 6.45) is -1.12. The Morgan fingerprint density at radius 2 is 1.95 bits per heavy atom. The number of phosphoric ester groups is 1. The lowest BCUT2D eigenvalue weighted by atomic mass is 9.99. The molecule has 5 N–H and O–H groups in total. The van der Waals surface area contributed by atoms with Crippen LogP contribution in [0.3, 0.4) is 0 Å². The standard InChI is InChI=1S/C25H33ClN6O10P2/c1-13(23(34)38-11-25(2,3)4)31-43(35,41-14-8-6-5-7-9-14)42-44(36,37)39-10-15-19(33)16-18(20(16)40-15)32-12-28-17-21(27)29-24(26)30-22(17)32/h5-9,12-13,15-16,18-20,33H,10-11H2,1-4H3,(H,31,35)(H,36,37)(H2,27,29,30)/t13-,15?,16?,18?,19?,20?,43?/m0/s1. The van der Waals surface area contributed by atoms with Crippen LogP contribution in [-0.4, -0.2) is 73.1 Å². The van der Waals surface area contributed by atoms with Crippen molar-refractivity contribution in [3.8, 4) is 5.75 Å². The highest BCUT2D eigenvalue weighted by Gasteiger charge is 2.65. The van der Waals surface area contributed by atoms with Crippen LogP contribution >= 0.6 is 27.2 Å². The highest BCUT2D eigenvalue weighted by Crippen LogP contribution is 2.61. The van der Waals surface area contributed by atoms with Gasteiger partial charge in [0.15, 0.2) is 11.5 Å². The minimum absolute atomic E-state index is 0.0274. The molecule has 0 spiro atoms. The number of imidazole rings is 1. The molecule has 1 aromatic carbocycles. The van der Waals surface area contributed by atoms with Gasteiger partial charge in [0.2, 0.25) is 5.28 Å². The summed E-state index contributed by atoms with van der Waals surface area (Å²) in [5.74, 6) is -1.06. The number of nitrogens with two attached hydrogens (primary N) is 1. The molecular formula is C25H33ClN6O10P2. The number of nitrogen functional groups attached to an aromatic ring is 1. The molecule has 0 bridgehead atoms. The SMILES string of the molecule is C[C@H](NP(=O)(Oc1ccccc1)OP(=O)(O)OCC1OC2C(C1O)C2n1cnc2c(N)nc(Cl)nc21)C(=O)OCC(C)(C)C. The van der Waals surface area contributed by atoms with E-state index in [1.54, 1.807) is 22.8 Å². The Kier molecular flexibility index (Phi) is 9.13. The fourth-order valence-corrected chi connectivity index (χ4v) is 7.85. The Balaban J connectivity index is 1.22. The molecule has 19 heteroatoms. The maximum Gasteiger partial charge on any atom is 0.481 e. The van der Waals surface area contributed by atoms with Gasteiger partial charge in [0.25, 0.3) is 0 Å². The van der Waals surface area contributed by atoms with Crippen molar-refractivity contribution in [1.82, 2.24) is 24.6 Å². The molecule has 2 aromatic heterocycles. The third-order valence-corrected chi connectivity index (χ3v) is 10.2. The number of fused-ring (bicyclic) bond motifs is 2. The van der Waals surface area contributed by atoms with Crippen LogP contribution in [0.15, 0.2) is 36.7 Å². The number of hydrogen-bond acceptors (Lipinski definition) is 13. The van der Waals surface area contributed by atoms with Gasteiger partial charge < -0.3 is 34.3 Å². The monoisotopic (exact) mass is 674 g/mol. The molecule has 1 saturated heterocycles. The van der Waals surface area contributed by atoms with E-state index in [2.05, 4.69) is 20.0 Å². The van der Waals surface area contributed by atoms with E-state index in [1.807, 2.05) is 20.8 Å². The molecule has 44 heavy (non-hydrogen) atoms. The van der Waals surface area contributed by atoms with Crippen molar-refractivity contribution in [3.63, 3.8) is 0 Å². The Morgan fingerprint density at radius 1 is 1.25 bits per heavy atom. The number of aromatic nitrogens is 4. The van der Waals surface area contributed by atoms with E-state index in [9.17, 15) is 23.9 Å². The number of benzene rings is 1. The maximum absolute atomic E-state index is 13.7.